The van der Waals surface area contributed by atoms with E-state index < -0.39 is 29.9 Å². The van der Waals surface area contributed by atoms with Crippen molar-refractivity contribution in [2.24, 2.45) is 34.2 Å². The Morgan fingerprint density at radius 3 is 2.85 bits per heavy atom. The van der Waals surface area contributed by atoms with Crippen LogP contribution in [-0.2, 0) is 14.3 Å². The molecule has 8 N–H and O–H groups in total. The molecular weight excluding hydrogens is 334 g/mol. The number of carbonyl (C=O) groups is 2. The summed E-state index contributed by atoms with van der Waals surface area (Å²) >= 11 is 0. The van der Waals surface area contributed by atoms with Crippen molar-refractivity contribution in [1.29, 1.82) is 0 Å². The highest BCUT2D eigenvalue weighted by Crippen LogP contribution is 2.69. The Hall–Kier alpha value is -1.74. The molecule has 2 saturated heterocycles. The van der Waals surface area contributed by atoms with Gasteiger partial charge in [0, 0.05) is 6.42 Å². The van der Waals surface area contributed by atoms with Gasteiger partial charge in [-0.15, -0.1) is 0 Å². The largest absolute Gasteiger partial charge is 0.454 e. The summed E-state index contributed by atoms with van der Waals surface area (Å²) in [5.41, 5.74) is 13.0. The molecule has 0 aromatic heterocycles. The van der Waals surface area contributed by atoms with Gasteiger partial charge in [0.25, 0.3) is 5.91 Å². The summed E-state index contributed by atoms with van der Waals surface area (Å²) in [5.74, 6) is 5.26. The Balaban J connectivity index is 1.60. The van der Waals surface area contributed by atoms with Crippen LogP contribution in [0.15, 0.2) is 5.10 Å². The number of hydrogen-bond donors (Lipinski definition) is 5. The minimum Gasteiger partial charge on any atom is -0.454 e. The number of esters is 1. The number of rotatable bonds is 7. The number of carbonyl (C=O) groups excluding carboxylic acids is 2. The molecule has 1 saturated carbocycles. The predicted molar refractivity (Wildman–Crippen MR) is 97.6 cm³/mol. The van der Waals surface area contributed by atoms with E-state index in [4.69, 9.17) is 29.9 Å². The van der Waals surface area contributed by atoms with Crippen LogP contribution < -0.4 is 28.2 Å². The molecule has 2 heterocycles. The van der Waals surface area contributed by atoms with Crippen LogP contribution in [0.25, 0.3) is 0 Å². The molecule has 3 fully saturated rings. The number of amidine groups is 1. The van der Waals surface area contributed by atoms with Gasteiger partial charge >= 0.3 is 5.97 Å². The fraction of sp³-hybridized carbons (Fsp3) is 0.800. The van der Waals surface area contributed by atoms with E-state index in [2.05, 4.69) is 23.2 Å². The Labute approximate surface area is 154 Å². The zero-order valence-electron chi connectivity index (χ0n) is 14.7. The molecule has 3 rings (SSSR count). The number of amides is 1. The van der Waals surface area contributed by atoms with Crippen LogP contribution in [-0.4, -0.2) is 50.8 Å². The van der Waals surface area contributed by atoms with Crippen molar-refractivity contribution in [2.75, 3.05) is 6.61 Å². The third kappa shape index (κ3) is 3.55. The highest BCUT2D eigenvalue weighted by molar-refractivity contribution is 6.72. The number of nitrogens with one attached hydrogen (secondary N) is 2. The van der Waals surface area contributed by atoms with Gasteiger partial charge < -0.3 is 21.5 Å². The molecule has 2 aliphatic heterocycles. The molecule has 9 nitrogen and oxygen atoms in total. The molecule has 1 spiro atoms. The van der Waals surface area contributed by atoms with E-state index in [1.54, 1.807) is 0 Å². The number of hydrazine groups is 1. The van der Waals surface area contributed by atoms with Crippen molar-refractivity contribution in [3.8, 4) is 0 Å². The average Bonchev–Trinajstić information content (AvgIpc) is 3.20. The van der Waals surface area contributed by atoms with Crippen molar-refractivity contribution < 1.29 is 14.3 Å². The molecule has 11 heteroatoms. The van der Waals surface area contributed by atoms with E-state index in [0.29, 0.717) is 30.5 Å². The van der Waals surface area contributed by atoms with Gasteiger partial charge in [0.15, 0.2) is 6.61 Å². The van der Waals surface area contributed by atoms with Crippen LogP contribution in [0.2, 0.25) is 5.31 Å². The lowest BCUT2D eigenvalue weighted by Gasteiger charge is -2.47. The van der Waals surface area contributed by atoms with Crippen LogP contribution in [0.1, 0.15) is 38.5 Å². The van der Waals surface area contributed by atoms with E-state index in [9.17, 15) is 9.59 Å². The zero-order chi connectivity index (χ0) is 18.9. The van der Waals surface area contributed by atoms with E-state index in [0.717, 1.165) is 25.7 Å². The molecule has 1 aliphatic carbocycles. The Morgan fingerprint density at radius 1 is 1.38 bits per heavy atom. The first kappa shape index (κ1) is 19.0. The number of hydrazone groups is 1. The molecule has 5 atom stereocenters. The van der Waals surface area contributed by atoms with Gasteiger partial charge in [-0.3, -0.25) is 9.59 Å². The minimum atomic E-state index is -0.673. The Morgan fingerprint density at radius 2 is 2.15 bits per heavy atom. The average molecular weight is 359 g/mol. The van der Waals surface area contributed by atoms with Crippen molar-refractivity contribution >= 4 is 32.8 Å². The second-order valence-electron chi connectivity index (χ2n) is 7.67. The van der Waals surface area contributed by atoms with Gasteiger partial charge in [-0.1, -0.05) is 18.2 Å². The molecule has 3 radical (unpaired) electrons. The van der Waals surface area contributed by atoms with E-state index in [1.165, 1.54) is 0 Å². The lowest BCUT2D eigenvalue weighted by Crippen LogP contribution is -2.55. The fourth-order valence-electron chi connectivity index (χ4n) is 4.75. The SMILES string of the molecule is [B]C12[B]C13CCC(CC/C(N)=N/NN)CC3CC(C(=O)OCC(N)=O)N2. The van der Waals surface area contributed by atoms with Crippen LogP contribution in [0.4, 0.5) is 0 Å². The smallest absolute Gasteiger partial charge is 0.323 e. The summed E-state index contributed by atoms with van der Waals surface area (Å²) in [6.07, 6.45) is 5.26. The Kier molecular flexibility index (Phi) is 5.21. The molecule has 0 bridgehead atoms. The van der Waals surface area contributed by atoms with Gasteiger partial charge in [0.1, 0.15) is 19.2 Å². The molecule has 0 aromatic rings. The van der Waals surface area contributed by atoms with E-state index >= 15 is 0 Å². The maximum Gasteiger partial charge on any atom is 0.323 e. The molecule has 3 aliphatic rings. The number of nitrogens with two attached hydrogens (primary N) is 3. The van der Waals surface area contributed by atoms with Crippen molar-refractivity contribution in [2.45, 2.75) is 55.2 Å². The molecule has 1 amide bonds. The second-order valence-corrected chi connectivity index (χ2v) is 7.67. The lowest BCUT2D eigenvalue weighted by molar-refractivity contribution is -0.151. The number of primary amides is 1. The fourth-order valence-corrected chi connectivity index (χ4v) is 4.75. The number of nitrogens with zero attached hydrogens (tertiary/aromatic N) is 1. The highest BCUT2D eigenvalue weighted by Gasteiger charge is 2.71. The van der Waals surface area contributed by atoms with Crippen molar-refractivity contribution in [3.05, 3.63) is 0 Å². The summed E-state index contributed by atoms with van der Waals surface area (Å²) < 4.78 is 4.97. The lowest BCUT2D eigenvalue weighted by atomic mass is 9.60. The Bertz CT molecular complexity index is 620. The maximum atomic E-state index is 12.2. The van der Waals surface area contributed by atoms with Crippen LogP contribution in [0.3, 0.4) is 0 Å². The van der Waals surface area contributed by atoms with Gasteiger partial charge in [0.2, 0.25) is 0 Å². The molecular formula is C15H25B2N6O3. The first-order valence-corrected chi connectivity index (χ1v) is 8.96. The van der Waals surface area contributed by atoms with Gasteiger partial charge in [0.05, 0.1) is 7.85 Å². The first-order chi connectivity index (χ1) is 12.3. The number of piperidine rings is 1. The second kappa shape index (κ2) is 7.11. The van der Waals surface area contributed by atoms with Gasteiger partial charge in [-0.25, -0.2) is 11.4 Å². The van der Waals surface area contributed by atoms with Crippen LogP contribution in [0.5, 0.6) is 0 Å². The summed E-state index contributed by atoms with van der Waals surface area (Å²) in [7, 11) is 8.58. The number of ether oxygens (including phenoxy) is 1. The standard InChI is InChI=1S/C15H25B2N6O3/c16-15-14(17-15)4-3-8(1-2-11(18)22-23-20)5-9(14)6-10(21-15)13(25)26-7-12(19)24/h8-10,21,23H,1-7,20H2,(H2,18,22)(H2,19,24). The van der Waals surface area contributed by atoms with E-state index in [1.807, 2.05) is 0 Å². The molecule has 26 heavy (non-hydrogen) atoms. The topological polar surface area (TPSA) is 158 Å². The zero-order valence-corrected chi connectivity index (χ0v) is 14.7. The molecule has 0 aromatic carbocycles. The highest BCUT2D eigenvalue weighted by atomic mass is 16.5. The first-order valence-electron chi connectivity index (χ1n) is 8.96. The minimum absolute atomic E-state index is 0.0532. The van der Waals surface area contributed by atoms with E-state index in [-0.39, 0.29) is 5.31 Å². The van der Waals surface area contributed by atoms with Crippen LogP contribution in [0, 0.1) is 11.8 Å². The summed E-state index contributed by atoms with van der Waals surface area (Å²) in [6.45, 7) is -0.412. The summed E-state index contributed by atoms with van der Waals surface area (Å²) in [6, 6.07) is -0.525. The van der Waals surface area contributed by atoms with Crippen LogP contribution >= 0.6 is 0 Å². The third-order valence-electron chi connectivity index (χ3n) is 6.08. The van der Waals surface area contributed by atoms with Gasteiger partial charge in [-0.2, -0.15) is 5.10 Å². The van der Waals surface area contributed by atoms with Gasteiger partial charge in [-0.05, 0) is 36.4 Å². The third-order valence-corrected chi connectivity index (χ3v) is 6.08. The predicted octanol–water partition coefficient (Wildman–Crippen LogP) is -1.99. The quantitative estimate of drug-likeness (QED) is 0.0879. The molecule has 5 unspecified atom stereocenters. The maximum absolute atomic E-state index is 12.2. The van der Waals surface area contributed by atoms with Crippen molar-refractivity contribution in [3.63, 3.8) is 0 Å². The van der Waals surface area contributed by atoms with Crippen molar-refractivity contribution in [1.82, 2.24) is 10.9 Å². The molecule has 139 valence electrons. The monoisotopic (exact) mass is 359 g/mol. The summed E-state index contributed by atoms with van der Waals surface area (Å²) in [4.78, 5) is 23.1. The number of hydrogen-bond acceptors (Lipinski definition) is 7. The summed E-state index contributed by atoms with van der Waals surface area (Å²) in [5, 5.41) is 6.29. The normalized spacial score (nSPS) is 38.3.